The molecule has 5 heteroatoms. The molecule has 2 N–H and O–H groups in total. The van der Waals surface area contributed by atoms with Crippen LogP contribution in [0, 0.1) is 0 Å². The number of carboxylic acid groups (broad SMARTS) is 1. The van der Waals surface area contributed by atoms with Crippen molar-refractivity contribution in [1.29, 1.82) is 0 Å². The highest BCUT2D eigenvalue weighted by Crippen LogP contribution is 2.22. The number of aryl methyl sites for hydroxylation is 1. The molecular weight excluding hydrogens is 244 g/mol. The van der Waals surface area contributed by atoms with Crippen LogP contribution in [0.25, 0.3) is 10.9 Å². The van der Waals surface area contributed by atoms with Crippen LogP contribution in [-0.2, 0) is 22.6 Å². The summed E-state index contributed by atoms with van der Waals surface area (Å²) in [5.41, 5.74) is 1.91. The summed E-state index contributed by atoms with van der Waals surface area (Å²) in [4.78, 5) is 22.1. The number of aromatic nitrogens is 1. The maximum absolute atomic E-state index is 11.5. The van der Waals surface area contributed by atoms with Crippen molar-refractivity contribution in [3.8, 4) is 0 Å². The molecule has 2 rings (SSSR count). The molecule has 0 aliphatic carbocycles. The Bertz CT molecular complexity index is 616. The summed E-state index contributed by atoms with van der Waals surface area (Å²) in [5.74, 6) is -0.895. The number of fused-ring (bicyclic) bond motifs is 1. The summed E-state index contributed by atoms with van der Waals surface area (Å²) < 4.78 is 1.85. The van der Waals surface area contributed by atoms with Gasteiger partial charge in [-0.25, -0.2) is 0 Å². The first-order valence-corrected chi connectivity index (χ1v) is 6.11. The van der Waals surface area contributed by atoms with Crippen LogP contribution in [0.2, 0.25) is 0 Å². The van der Waals surface area contributed by atoms with Crippen LogP contribution in [-0.4, -0.2) is 28.6 Å². The lowest BCUT2D eigenvalue weighted by Gasteiger charge is -2.03. The van der Waals surface area contributed by atoms with Gasteiger partial charge >= 0.3 is 5.97 Å². The normalized spacial score (nSPS) is 10.6. The van der Waals surface area contributed by atoms with Gasteiger partial charge in [0.25, 0.3) is 0 Å². The van der Waals surface area contributed by atoms with Crippen molar-refractivity contribution < 1.29 is 14.7 Å². The van der Waals surface area contributed by atoms with E-state index in [-0.39, 0.29) is 18.9 Å². The highest BCUT2D eigenvalue weighted by Gasteiger charge is 2.11. The summed E-state index contributed by atoms with van der Waals surface area (Å²) in [5, 5.41) is 12.4. The third-order valence-electron chi connectivity index (χ3n) is 3.07. The van der Waals surface area contributed by atoms with E-state index in [0.717, 1.165) is 16.5 Å². The summed E-state index contributed by atoms with van der Waals surface area (Å²) in [6.07, 6.45) is 2.42. The van der Waals surface area contributed by atoms with Crippen LogP contribution < -0.4 is 5.32 Å². The van der Waals surface area contributed by atoms with Gasteiger partial charge in [-0.15, -0.1) is 0 Å². The standard InChI is InChI=1S/C14H16N2O3/c1-15-13(17)9-16-8-10(6-7-14(18)19)11-4-2-3-5-12(11)16/h2-5,8H,6-7,9H2,1H3,(H,15,17)(H,18,19). The molecule has 1 amide bonds. The predicted octanol–water partition coefficient (Wildman–Crippen LogP) is 1.40. The van der Waals surface area contributed by atoms with Crippen LogP contribution in [0.3, 0.4) is 0 Å². The number of hydrogen-bond acceptors (Lipinski definition) is 2. The molecule has 1 heterocycles. The zero-order valence-corrected chi connectivity index (χ0v) is 10.7. The Hall–Kier alpha value is -2.30. The second-order valence-corrected chi connectivity index (χ2v) is 4.37. The van der Waals surface area contributed by atoms with Gasteiger partial charge in [-0.3, -0.25) is 9.59 Å². The number of carboxylic acids is 1. The Kier molecular flexibility index (Phi) is 3.85. The van der Waals surface area contributed by atoms with E-state index >= 15 is 0 Å². The monoisotopic (exact) mass is 260 g/mol. The summed E-state index contributed by atoms with van der Waals surface area (Å²) in [6.45, 7) is 0.240. The Morgan fingerprint density at radius 3 is 2.74 bits per heavy atom. The minimum atomic E-state index is -0.817. The summed E-state index contributed by atoms with van der Waals surface area (Å²) in [6, 6.07) is 7.70. The van der Waals surface area contributed by atoms with Crippen molar-refractivity contribution in [1.82, 2.24) is 9.88 Å². The first kappa shape index (κ1) is 13.1. The van der Waals surface area contributed by atoms with Crippen LogP contribution in [0.1, 0.15) is 12.0 Å². The van der Waals surface area contributed by atoms with Gasteiger partial charge < -0.3 is 15.0 Å². The van der Waals surface area contributed by atoms with E-state index in [1.807, 2.05) is 35.0 Å². The first-order valence-electron chi connectivity index (χ1n) is 6.11. The van der Waals surface area contributed by atoms with E-state index in [1.54, 1.807) is 7.05 Å². The third kappa shape index (κ3) is 2.93. The number of benzene rings is 1. The average Bonchev–Trinajstić information content (AvgIpc) is 2.75. The lowest BCUT2D eigenvalue weighted by Crippen LogP contribution is -2.23. The number of rotatable bonds is 5. The van der Waals surface area contributed by atoms with E-state index in [2.05, 4.69) is 5.32 Å². The fraction of sp³-hybridized carbons (Fsp3) is 0.286. The predicted molar refractivity (Wildman–Crippen MR) is 72.0 cm³/mol. The molecule has 1 aromatic heterocycles. The van der Waals surface area contributed by atoms with Crippen molar-refractivity contribution in [2.24, 2.45) is 0 Å². The maximum Gasteiger partial charge on any atom is 0.303 e. The Balaban J connectivity index is 2.36. The molecule has 19 heavy (non-hydrogen) atoms. The molecule has 0 radical (unpaired) electrons. The first-order chi connectivity index (χ1) is 9.11. The van der Waals surface area contributed by atoms with Crippen LogP contribution in [0.4, 0.5) is 0 Å². The van der Waals surface area contributed by atoms with Gasteiger partial charge in [0.15, 0.2) is 0 Å². The van der Waals surface area contributed by atoms with Crippen molar-refractivity contribution in [3.63, 3.8) is 0 Å². The topological polar surface area (TPSA) is 71.3 Å². The second kappa shape index (κ2) is 5.56. The van der Waals surface area contributed by atoms with Crippen LogP contribution in [0.15, 0.2) is 30.5 Å². The van der Waals surface area contributed by atoms with Crippen molar-refractivity contribution in [3.05, 3.63) is 36.0 Å². The van der Waals surface area contributed by atoms with E-state index in [9.17, 15) is 9.59 Å². The molecule has 0 saturated carbocycles. The summed E-state index contributed by atoms with van der Waals surface area (Å²) in [7, 11) is 1.60. The smallest absolute Gasteiger partial charge is 0.303 e. The lowest BCUT2D eigenvalue weighted by atomic mass is 10.1. The largest absolute Gasteiger partial charge is 0.481 e. The van der Waals surface area contributed by atoms with Crippen molar-refractivity contribution in [2.45, 2.75) is 19.4 Å². The number of aliphatic carboxylic acids is 1. The number of carbonyl (C=O) groups excluding carboxylic acids is 1. The van der Waals surface area contributed by atoms with Gasteiger partial charge in [0.1, 0.15) is 6.54 Å². The fourth-order valence-corrected chi connectivity index (χ4v) is 2.13. The average molecular weight is 260 g/mol. The van der Waals surface area contributed by atoms with Gasteiger partial charge in [-0.1, -0.05) is 18.2 Å². The molecule has 0 saturated heterocycles. The minimum Gasteiger partial charge on any atom is -0.481 e. The van der Waals surface area contributed by atoms with Gasteiger partial charge in [0.05, 0.1) is 0 Å². The maximum atomic E-state index is 11.5. The highest BCUT2D eigenvalue weighted by molar-refractivity contribution is 5.86. The molecule has 0 fully saturated rings. The number of nitrogens with zero attached hydrogens (tertiary/aromatic N) is 1. The second-order valence-electron chi connectivity index (χ2n) is 4.37. The van der Waals surface area contributed by atoms with Gasteiger partial charge in [0.2, 0.25) is 5.91 Å². The Morgan fingerprint density at radius 2 is 2.05 bits per heavy atom. The number of amides is 1. The number of para-hydroxylation sites is 1. The molecular formula is C14H16N2O3. The number of hydrogen-bond donors (Lipinski definition) is 2. The quantitative estimate of drug-likeness (QED) is 0.853. The van der Waals surface area contributed by atoms with E-state index < -0.39 is 5.97 Å². The molecule has 0 spiro atoms. The fourth-order valence-electron chi connectivity index (χ4n) is 2.13. The van der Waals surface area contributed by atoms with Crippen molar-refractivity contribution in [2.75, 3.05) is 7.05 Å². The zero-order valence-electron chi connectivity index (χ0n) is 10.7. The molecule has 0 atom stereocenters. The van der Waals surface area contributed by atoms with Gasteiger partial charge in [0, 0.05) is 30.6 Å². The molecule has 1 aromatic carbocycles. The Morgan fingerprint density at radius 1 is 1.32 bits per heavy atom. The van der Waals surface area contributed by atoms with Gasteiger partial charge in [-0.2, -0.15) is 0 Å². The number of likely N-dealkylation sites (N-methyl/N-ethyl adjacent to an activating group) is 1. The van der Waals surface area contributed by atoms with E-state index in [4.69, 9.17) is 5.11 Å². The summed E-state index contributed by atoms with van der Waals surface area (Å²) >= 11 is 0. The van der Waals surface area contributed by atoms with Gasteiger partial charge in [-0.05, 0) is 18.1 Å². The third-order valence-corrected chi connectivity index (χ3v) is 3.07. The minimum absolute atomic E-state index is 0.0782. The highest BCUT2D eigenvalue weighted by atomic mass is 16.4. The van der Waals surface area contributed by atoms with Crippen LogP contribution >= 0.6 is 0 Å². The molecule has 0 aliphatic rings. The molecule has 100 valence electrons. The molecule has 0 unspecified atom stereocenters. The number of nitrogens with one attached hydrogen (secondary N) is 1. The molecule has 0 bridgehead atoms. The zero-order chi connectivity index (χ0) is 13.8. The SMILES string of the molecule is CNC(=O)Cn1cc(CCC(=O)O)c2ccccc21. The van der Waals surface area contributed by atoms with Crippen LogP contribution in [0.5, 0.6) is 0 Å². The van der Waals surface area contributed by atoms with E-state index in [1.165, 1.54) is 0 Å². The molecule has 0 aliphatic heterocycles. The van der Waals surface area contributed by atoms with Crippen molar-refractivity contribution >= 4 is 22.8 Å². The molecule has 2 aromatic rings. The van der Waals surface area contributed by atoms with E-state index in [0.29, 0.717) is 6.42 Å². The molecule has 5 nitrogen and oxygen atoms in total. The number of carbonyl (C=O) groups is 2. The Labute approximate surface area is 110 Å². The lowest BCUT2D eigenvalue weighted by molar-refractivity contribution is -0.137.